The molecule has 1 heterocycles. The Bertz CT molecular complexity index is 623. The van der Waals surface area contributed by atoms with E-state index in [2.05, 4.69) is 10.2 Å². The molecule has 1 aliphatic heterocycles. The van der Waals surface area contributed by atoms with Crippen molar-refractivity contribution in [1.29, 1.82) is 0 Å². The van der Waals surface area contributed by atoms with Crippen molar-refractivity contribution < 1.29 is 13.9 Å². The number of carbonyl (C=O) groups excluding carboxylic acids is 1. The minimum absolute atomic E-state index is 0. The van der Waals surface area contributed by atoms with Crippen LogP contribution in [0, 0.1) is 11.7 Å². The fourth-order valence-corrected chi connectivity index (χ4v) is 4.21. The molecule has 8 heteroatoms. The van der Waals surface area contributed by atoms with Gasteiger partial charge in [0, 0.05) is 31.2 Å². The lowest BCUT2D eigenvalue weighted by Gasteiger charge is -2.39. The maximum Gasteiger partial charge on any atom is 0.225 e. The molecular weight excluding hydrogens is 416 g/mol. The highest BCUT2D eigenvalue weighted by atomic mass is 35.5. The number of hydrogen-bond donors (Lipinski definition) is 2. The molecule has 1 aliphatic carbocycles. The highest BCUT2D eigenvalue weighted by Gasteiger charge is 2.38. The largest absolute Gasteiger partial charge is 0.492 e. The van der Waals surface area contributed by atoms with E-state index in [0.29, 0.717) is 12.4 Å². The lowest BCUT2D eigenvalue weighted by atomic mass is 9.74. The summed E-state index contributed by atoms with van der Waals surface area (Å²) in [5.74, 6) is 0.511. The van der Waals surface area contributed by atoms with Gasteiger partial charge in [0.2, 0.25) is 5.91 Å². The van der Waals surface area contributed by atoms with Crippen molar-refractivity contribution in [3.05, 3.63) is 30.1 Å². The van der Waals surface area contributed by atoms with E-state index in [4.69, 9.17) is 10.5 Å². The first-order chi connectivity index (χ1) is 12.9. The van der Waals surface area contributed by atoms with Gasteiger partial charge in [0.15, 0.2) is 0 Å². The minimum Gasteiger partial charge on any atom is -0.492 e. The molecule has 0 spiro atoms. The first-order valence-corrected chi connectivity index (χ1v) is 10.1. The van der Waals surface area contributed by atoms with Gasteiger partial charge < -0.3 is 15.8 Å². The standard InChI is InChI=1S/C21H32FN3O2.2ClH/c1-21(23)11-3-2-4-19(21)20(26)24-17-9-12-25(13-10-17)14-15-27-18-7-5-16(22)6-8-18;;/h5-8,17,19H,2-4,9-15,23H2,1H3,(H,24,26);2*1H. The fraction of sp³-hybridized carbons (Fsp3) is 0.667. The summed E-state index contributed by atoms with van der Waals surface area (Å²) in [6, 6.07) is 6.34. The van der Waals surface area contributed by atoms with Gasteiger partial charge in [-0.15, -0.1) is 24.8 Å². The van der Waals surface area contributed by atoms with Gasteiger partial charge in [0.05, 0.1) is 5.92 Å². The van der Waals surface area contributed by atoms with Gasteiger partial charge >= 0.3 is 0 Å². The van der Waals surface area contributed by atoms with E-state index in [1.807, 2.05) is 6.92 Å². The van der Waals surface area contributed by atoms with Crippen LogP contribution < -0.4 is 15.8 Å². The van der Waals surface area contributed by atoms with Crippen LogP contribution in [-0.4, -0.2) is 48.6 Å². The number of halogens is 3. The zero-order chi connectivity index (χ0) is 19.3. The molecule has 2 atom stereocenters. The van der Waals surface area contributed by atoms with E-state index in [1.165, 1.54) is 12.1 Å². The lowest BCUT2D eigenvalue weighted by molar-refractivity contribution is -0.129. The van der Waals surface area contributed by atoms with E-state index in [-0.39, 0.29) is 54.0 Å². The van der Waals surface area contributed by atoms with Gasteiger partial charge in [-0.1, -0.05) is 12.8 Å². The zero-order valence-electron chi connectivity index (χ0n) is 17.1. The van der Waals surface area contributed by atoms with Crippen molar-refractivity contribution in [1.82, 2.24) is 10.2 Å². The molecule has 166 valence electrons. The second kappa shape index (κ2) is 11.9. The maximum atomic E-state index is 12.9. The van der Waals surface area contributed by atoms with Crippen LogP contribution in [0.4, 0.5) is 4.39 Å². The number of ether oxygens (including phenoxy) is 1. The number of hydrogen-bond acceptors (Lipinski definition) is 4. The first kappa shape index (κ1) is 26.0. The Hall–Kier alpha value is -1.08. The van der Waals surface area contributed by atoms with E-state index < -0.39 is 0 Å². The Morgan fingerprint density at radius 2 is 1.86 bits per heavy atom. The summed E-state index contributed by atoms with van der Waals surface area (Å²) in [5.41, 5.74) is 5.98. The number of likely N-dealkylation sites (tertiary alicyclic amines) is 1. The molecular formula is C21H34Cl2FN3O2. The van der Waals surface area contributed by atoms with Gasteiger partial charge in [-0.05, 0) is 56.9 Å². The Kier molecular flexibility index (Phi) is 10.7. The Morgan fingerprint density at radius 1 is 1.21 bits per heavy atom. The normalized spacial score (nSPS) is 25.4. The van der Waals surface area contributed by atoms with Crippen molar-refractivity contribution in [2.24, 2.45) is 11.7 Å². The Morgan fingerprint density at radius 3 is 2.48 bits per heavy atom. The van der Waals surface area contributed by atoms with Crippen LogP contribution in [0.1, 0.15) is 45.4 Å². The molecule has 3 rings (SSSR count). The van der Waals surface area contributed by atoms with Gasteiger partial charge in [0.1, 0.15) is 18.2 Å². The highest BCUT2D eigenvalue weighted by molar-refractivity contribution is 5.85. The number of nitrogens with one attached hydrogen (secondary N) is 1. The van der Waals surface area contributed by atoms with Crippen LogP contribution in [0.15, 0.2) is 24.3 Å². The van der Waals surface area contributed by atoms with E-state index in [9.17, 15) is 9.18 Å². The molecule has 5 nitrogen and oxygen atoms in total. The summed E-state index contributed by atoms with van der Waals surface area (Å²) in [6.45, 7) is 5.32. The van der Waals surface area contributed by atoms with Crippen molar-refractivity contribution >= 4 is 30.7 Å². The summed E-state index contributed by atoms with van der Waals surface area (Å²) in [7, 11) is 0. The van der Waals surface area contributed by atoms with Gasteiger partial charge in [-0.3, -0.25) is 9.69 Å². The van der Waals surface area contributed by atoms with Crippen LogP contribution in [0.5, 0.6) is 5.75 Å². The topological polar surface area (TPSA) is 67.6 Å². The van der Waals surface area contributed by atoms with Crippen LogP contribution in [-0.2, 0) is 4.79 Å². The second-order valence-corrected chi connectivity index (χ2v) is 8.23. The number of nitrogens with zero attached hydrogens (tertiary/aromatic N) is 1. The third kappa shape index (κ3) is 7.59. The number of benzene rings is 1. The van der Waals surface area contributed by atoms with E-state index >= 15 is 0 Å². The third-order valence-electron chi connectivity index (χ3n) is 5.99. The Labute approximate surface area is 185 Å². The lowest BCUT2D eigenvalue weighted by Crippen LogP contribution is -2.55. The third-order valence-corrected chi connectivity index (χ3v) is 5.99. The summed E-state index contributed by atoms with van der Waals surface area (Å²) < 4.78 is 18.6. The SMILES string of the molecule is CC1(N)CCCCC1C(=O)NC1CCN(CCOc2ccc(F)cc2)CC1.Cl.Cl. The van der Waals surface area contributed by atoms with Crippen molar-refractivity contribution in [2.45, 2.75) is 57.0 Å². The van der Waals surface area contributed by atoms with Crippen LogP contribution >= 0.6 is 24.8 Å². The summed E-state index contributed by atoms with van der Waals surface area (Å²) in [6.07, 6.45) is 5.95. The average molecular weight is 450 g/mol. The molecule has 0 bridgehead atoms. The molecule has 2 unspecified atom stereocenters. The molecule has 1 saturated heterocycles. The summed E-state index contributed by atoms with van der Waals surface area (Å²) in [4.78, 5) is 15.0. The molecule has 1 aromatic carbocycles. The van der Waals surface area contributed by atoms with Gasteiger partial charge in [-0.2, -0.15) is 0 Å². The quantitative estimate of drug-likeness (QED) is 0.696. The summed E-state index contributed by atoms with van der Waals surface area (Å²) in [5, 5.41) is 3.24. The van der Waals surface area contributed by atoms with Gasteiger partial charge in [-0.25, -0.2) is 4.39 Å². The first-order valence-electron chi connectivity index (χ1n) is 10.1. The average Bonchev–Trinajstić information content (AvgIpc) is 2.64. The smallest absolute Gasteiger partial charge is 0.225 e. The molecule has 3 N–H and O–H groups in total. The number of rotatable bonds is 6. The molecule has 29 heavy (non-hydrogen) atoms. The molecule has 0 radical (unpaired) electrons. The van der Waals surface area contributed by atoms with Crippen LogP contribution in [0.25, 0.3) is 0 Å². The fourth-order valence-electron chi connectivity index (χ4n) is 4.21. The number of nitrogens with two attached hydrogens (primary N) is 1. The van der Waals surface area contributed by atoms with Crippen molar-refractivity contribution in [3.63, 3.8) is 0 Å². The monoisotopic (exact) mass is 449 g/mol. The second-order valence-electron chi connectivity index (χ2n) is 8.23. The maximum absolute atomic E-state index is 12.9. The number of carbonyl (C=O) groups is 1. The molecule has 2 fully saturated rings. The van der Waals surface area contributed by atoms with Gasteiger partial charge in [0.25, 0.3) is 0 Å². The Balaban J connectivity index is 0.00000210. The molecule has 1 aromatic rings. The number of piperidine rings is 1. The van der Waals surface area contributed by atoms with E-state index in [0.717, 1.165) is 58.2 Å². The van der Waals surface area contributed by atoms with E-state index in [1.54, 1.807) is 12.1 Å². The predicted molar refractivity (Wildman–Crippen MR) is 119 cm³/mol. The van der Waals surface area contributed by atoms with Crippen LogP contribution in [0.2, 0.25) is 0 Å². The zero-order valence-corrected chi connectivity index (χ0v) is 18.7. The van der Waals surface area contributed by atoms with Crippen LogP contribution in [0.3, 0.4) is 0 Å². The minimum atomic E-state index is -0.374. The van der Waals surface area contributed by atoms with Crippen molar-refractivity contribution in [2.75, 3.05) is 26.2 Å². The number of amides is 1. The molecule has 0 aromatic heterocycles. The molecule has 1 saturated carbocycles. The highest BCUT2D eigenvalue weighted by Crippen LogP contribution is 2.32. The predicted octanol–water partition coefficient (Wildman–Crippen LogP) is 3.54. The molecule has 2 aliphatic rings. The van der Waals surface area contributed by atoms with Crippen molar-refractivity contribution in [3.8, 4) is 5.75 Å². The summed E-state index contributed by atoms with van der Waals surface area (Å²) >= 11 is 0. The molecule has 1 amide bonds.